The molecular weight excluding hydrogens is 340 g/mol. The van der Waals surface area contributed by atoms with E-state index in [1.54, 1.807) is 0 Å². The van der Waals surface area contributed by atoms with Crippen LogP contribution in [0.3, 0.4) is 0 Å². The summed E-state index contributed by atoms with van der Waals surface area (Å²) < 4.78 is 11.5. The van der Waals surface area contributed by atoms with E-state index in [2.05, 4.69) is 27.7 Å². The first-order chi connectivity index (χ1) is 12.8. The lowest BCUT2D eigenvalue weighted by molar-refractivity contribution is -0.162. The average molecular weight is 385 g/mol. The Hall–Kier alpha value is -1.06. The summed E-state index contributed by atoms with van der Waals surface area (Å²) in [6.07, 6.45) is 7.75. The zero-order chi connectivity index (χ0) is 20.8. The minimum absolute atomic E-state index is 0.0223. The van der Waals surface area contributed by atoms with Gasteiger partial charge in [0.15, 0.2) is 0 Å². The molecule has 0 spiro atoms. The summed E-state index contributed by atoms with van der Waals surface area (Å²) in [5, 5.41) is 0. The van der Waals surface area contributed by atoms with Gasteiger partial charge in [-0.25, -0.2) is 0 Å². The van der Waals surface area contributed by atoms with Crippen molar-refractivity contribution >= 4 is 11.9 Å². The quantitative estimate of drug-likeness (QED) is 0.310. The highest BCUT2D eigenvalue weighted by Gasteiger charge is 2.27. The second-order valence-corrected chi connectivity index (χ2v) is 8.20. The molecule has 0 rings (SSSR count). The maximum atomic E-state index is 12.5. The molecule has 0 fully saturated rings. The van der Waals surface area contributed by atoms with Gasteiger partial charge in [-0.2, -0.15) is 0 Å². The minimum Gasteiger partial charge on any atom is -0.462 e. The fraction of sp³-hybridized carbons (Fsp3) is 0.913. The largest absolute Gasteiger partial charge is 0.462 e. The van der Waals surface area contributed by atoms with Gasteiger partial charge in [0.25, 0.3) is 0 Å². The molecule has 0 saturated carbocycles. The third-order valence-electron chi connectivity index (χ3n) is 5.36. The number of unbranched alkanes of at least 4 members (excludes halogenated alkanes) is 2. The van der Waals surface area contributed by atoms with Crippen LogP contribution in [0.15, 0.2) is 0 Å². The van der Waals surface area contributed by atoms with E-state index in [-0.39, 0.29) is 41.9 Å². The molecular formula is C23H44O4. The molecule has 0 saturated heterocycles. The average Bonchev–Trinajstić information content (AvgIpc) is 2.62. The summed E-state index contributed by atoms with van der Waals surface area (Å²) in [4.78, 5) is 24.9. The van der Waals surface area contributed by atoms with Crippen LogP contribution in [0.4, 0.5) is 0 Å². The summed E-state index contributed by atoms with van der Waals surface area (Å²) in [7, 11) is 0. The van der Waals surface area contributed by atoms with Crippen LogP contribution in [0.1, 0.15) is 106 Å². The number of carbonyl (C=O) groups is 2. The van der Waals surface area contributed by atoms with Crippen LogP contribution in [-0.2, 0) is 19.1 Å². The zero-order valence-corrected chi connectivity index (χ0v) is 18.9. The summed E-state index contributed by atoms with van der Waals surface area (Å²) in [5.41, 5.74) is 0. The highest BCUT2D eigenvalue weighted by molar-refractivity contribution is 5.73. The van der Waals surface area contributed by atoms with Gasteiger partial charge in [-0.3, -0.25) is 9.59 Å². The molecule has 4 atom stereocenters. The van der Waals surface area contributed by atoms with E-state index in [4.69, 9.17) is 9.47 Å². The molecule has 0 aromatic rings. The third-order valence-corrected chi connectivity index (χ3v) is 5.36. The first kappa shape index (κ1) is 25.9. The molecule has 0 radical (unpaired) electrons. The van der Waals surface area contributed by atoms with Crippen molar-refractivity contribution in [2.24, 2.45) is 17.8 Å². The van der Waals surface area contributed by atoms with Crippen molar-refractivity contribution in [3.63, 3.8) is 0 Å². The standard InChI is InChI=1S/C23H44O4/c1-8-12-14-19(10-3)22(24)26-18(7)16-21(17(5)6)27-23(25)20(11-4)15-13-9-2/h17-21H,8-16H2,1-7H3/t18-,19-,20-,21-/m0/s1. The Labute approximate surface area is 167 Å². The van der Waals surface area contributed by atoms with Gasteiger partial charge < -0.3 is 9.47 Å². The van der Waals surface area contributed by atoms with Crippen molar-refractivity contribution < 1.29 is 19.1 Å². The molecule has 0 aromatic carbocycles. The van der Waals surface area contributed by atoms with Crippen molar-refractivity contribution in [1.29, 1.82) is 0 Å². The van der Waals surface area contributed by atoms with Gasteiger partial charge in [0.1, 0.15) is 12.2 Å². The Bertz CT molecular complexity index is 405. The van der Waals surface area contributed by atoms with Gasteiger partial charge in [0.2, 0.25) is 0 Å². The van der Waals surface area contributed by atoms with Crippen molar-refractivity contribution in [3.8, 4) is 0 Å². The highest BCUT2D eigenvalue weighted by atomic mass is 16.6. The number of ether oxygens (including phenoxy) is 2. The number of hydrogen-bond donors (Lipinski definition) is 0. The van der Waals surface area contributed by atoms with Crippen LogP contribution in [0.2, 0.25) is 0 Å². The Morgan fingerprint density at radius 1 is 0.741 bits per heavy atom. The lowest BCUT2D eigenvalue weighted by Gasteiger charge is -2.27. The van der Waals surface area contributed by atoms with Crippen molar-refractivity contribution in [2.75, 3.05) is 0 Å². The Kier molecular flexibility index (Phi) is 14.3. The fourth-order valence-corrected chi connectivity index (χ4v) is 3.25. The van der Waals surface area contributed by atoms with Crippen LogP contribution in [0.25, 0.3) is 0 Å². The molecule has 160 valence electrons. The van der Waals surface area contributed by atoms with E-state index in [1.807, 2.05) is 20.8 Å². The van der Waals surface area contributed by atoms with Crippen LogP contribution in [0.5, 0.6) is 0 Å². The Balaban J connectivity index is 4.70. The minimum atomic E-state index is -0.246. The smallest absolute Gasteiger partial charge is 0.309 e. The molecule has 0 bridgehead atoms. The van der Waals surface area contributed by atoms with Crippen molar-refractivity contribution in [3.05, 3.63) is 0 Å². The van der Waals surface area contributed by atoms with Crippen molar-refractivity contribution in [1.82, 2.24) is 0 Å². The first-order valence-electron chi connectivity index (χ1n) is 11.2. The predicted octanol–water partition coefficient (Wildman–Crippen LogP) is 6.31. The highest BCUT2D eigenvalue weighted by Crippen LogP contribution is 2.22. The topological polar surface area (TPSA) is 52.6 Å². The SMILES string of the molecule is CCCC[C@H](CC)C(=O)O[C@@H](C[C@H](C)OC(=O)[C@@H](CC)CCCC)C(C)C. The van der Waals surface area contributed by atoms with Crippen LogP contribution in [-0.4, -0.2) is 24.1 Å². The number of carbonyl (C=O) groups excluding carboxylic acids is 2. The fourth-order valence-electron chi connectivity index (χ4n) is 3.25. The first-order valence-corrected chi connectivity index (χ1v) is 11.2. The summed E-state index contributed by atoms with van der Waals surface area (Å²) in [6, 6.07) is 0. The molecule has 0 unspecified atom stereocenters. The van der Waals surface area contributed by atoms with Gasteiger partial charge in [-0.1, -0.05) is 67.2 Å². The predicted molar refractivity (Wildman–Crippen MR) is 112 cm³/mol. The summed E-state index contributed by atoms with van der Waals surface area (Å²) in [5.74, 6) is -0.0615. The maximum Gasteiger partial charge on any atom is 0.309 e. The summed E-state index contributed by atoms with van der Waals surface area (Å²) in [6.45, 7) is 14.3. The molecule has 0 aliphatic carbocycles. The molecule has 0 heterocycles. The molecule has 0 aromatic heterocycles. The Morgan fingerprint density at radius 3 is 1.56 bits per heavy atom. The van der Waals surface area contributed by atoms with Crippen LogP contribution >= 0.6 is 0 Å². The lowest BCUT2D eigenvalue weighted by atomic mass is 9.97. The molecule has 0 N–H and O–H groups in total. The summed E-state index contributed by atoms with van der Waals surface area (Å²) >= 11 is 0. The van der Waals surface area contributed by atoms with Crippen LogP contribution in [0, 0.1) is 17.8 Å². The van der Waals surface area contributed by atoms with Crippen LogP contribution < -0.4 is 0 Å². The van der Waals surface area contributed by atoms with E-state index in [1.165, 1.54) is 0 Å². The number of esters is 2. The molecule has 4 heteroatoms. The maximum absolute atomic E-state index is 12.5. The molecule has 4 nitrogen and oxygen atoms in total. The molecule has 27 heavy (non-hydrogen) atoms. The molecule has 0 aliphatic heterocycles. The monoisotopic (exact) mass is 384 g/mol. The number of hydrogen-bond acceptors (Lipinski definition) is 4. The van der Waals surface area contributed by atoms with E-state index in [0.29, 0.717) is 6.42 Å². The number of rotatable bonds is 15. The second-order valence-electron chi connectivity index (χ2n) is 8.20. The van der Waals surface area contributed by atoms with E-state index >= 15 is 0 Å². The van der Waals surface area contributed by atoms with Gasteiger partial charge in [0, 0.05) is 6.42 Å². The van der Waals surface area contributed by atoms with Gasteiger partial charge in [0.05, 0.1) is 11.8 Å². The lowest BCUT2D eigenvalue weighted by Crippen LogP contribution is -2.32. The second kappa shape index (κ2) is 14.9. The van der Waals surface area contributed by atoms with Gasteiger partial charge >= 0.3 is 11.9 Å². The van der Waals surface area contributed by atoms with Gasteiger partial charge in [-0.05, 0) is 38.5 Å². The Morgan fingerprint density at radius 2 is 1.19 bits per heavy atom. The zero-order valence-electron chi connectivity index (χ0n) is 18.9. The van der Waals surface area contributed by atoms with E-state index in [0.717, 1.165) is 51.4 Å². The molecule has 0 amide bonds. The molecule has 0 aliphatic rings. The van der Waals surface area contributed by atoms with Crippen molar-refractivity contribution in [2.45, 2.75) is 118 Å². The van der Waals surface area contributed by atoms with E-state index < -0.39 is 0 Å². The third kappa shape index (κ3) is 10.8. The van der Waals surface area contributed by atoms with Gasteiger partial charge in [-0.15, -0.1) is 0 Å². The normalized spacial score (nSPS) is 15.9. The van der Waals surface area contributed by atoms with E-state index in [9.17, 15) is 9.59 Å².